The Kier molecular flexibility index (Phi) is 3.19. The van der Waals surface area contributed by atoms with E-state index in [-0.39, 0.29) is 0 Å². The van der Waals surface area contributed by atoms with Crippen LogP contribution in [0.2, 0.25) is 0 Å². The van der Waals surface area contributed by atoms with Crippen LogP contribution in [0.3, 0.4) is 0 Å². The second-order valence-corrected chi connectivity index (χ2v) is 5.63. The molecule has 0 unspecified atom stereocenters. The lowest BCUT2D eigenvalue weighted by Crippen LogP contribution is -1.87. The Morgan fingerprint density at radius 3 is 1.04 bits per heavy atom. The van der Waals surface area contributed by atoms with Crippen molar-refractivity contribution >= 4 is 0 Å². The Labute approximate surface area is 137 Å². The lowest BCUT2D eigenvalue weighted by molar-refractivity contribution is 0.715. The van der Waals surface area contributed by atoms with Crippen LogP contribution in [0.4, 0.5) is 0 Å². The molecule has 9 nitrogen and oxygen atoms in total. The quantitative estimate of drug-likeness (QED) is 0.560. The van der Waals surface area contributed by atoms with Crippen LogP contribution in [0.5, 0.6) is 0 Å². The van der Waals surface area contributed by atoms with Gasteiger partial charge in [0.15, 0.2) is 0 Å². The summed E-state index contributed by atoms with van der Waals surface area (Å²) in [7, 11) is 5.52. The number of nitrogens with zero attached hydrogens (tertiary/aromatic N) is 9. The first-order valence-electron chi connectivity index (χ1n) is 7.34. The van der Waals surface area contributed by atoms with Gasteiger partial charge in [0.05, 0.1) is 18.6 Å². The van der Waals surface area contributed by atoms with Crippen LogP contribution in [0.15, 0.2) is 36.8 Å². The van der Waals surface area contributed by atoms with Gasteiger partial charge in [-0.15, -0.1) is 15.3 Å². The molecule has 0 bridgehead atoms. The summed E-state index contributed by atoms with van der Waals surface area (Å²) in [5, 5.41) is 24.6. The first-order chi connectivity index (χ1) is 11.6. The molecule has 0 radical (unpaired) electrons. The topological polar surface area (TPSA) is 92.1 Å². The van der Waals surface area contributed by atoms with Gasteiger partial charge in [-0.3, -0.25) is 14.0 Å². The highest BCUT2D eigenvalue weighted by molar-refractivity contribution is 5.77. The van der Waals surface area contributed by atoms with Crippen LogP contribution in [-0.4, -0.2) is 45.0 Å². The number of hydrogen-bond acceptors (Lipinski definition) is 6. The van der Waals surface area contributed by atoms with Crippen LogP contribution >= 0.6 is 0 Å². The lowest BCUT2D eigenvalue weighted by atomic mass is 10.0. The minimum Gasteiger partial charge on any atom is -0.255 e. The van der Waals surface area contributed by atoms with Crippen LogP contribution in [0.25, 0.3) is 33.8 Å². The Morgan fingerprint density at radius 2 is 0.833 bits per heavy atom. The van der Waals surface area contributed by atoms with Gasteiger partial charge in [-0.1, -0.05) is 15.6 Å². The van der Waals surface area contributed by atoms with Gasteiger partial charge >= 0.3 is 0 Å². The van der Waals surface area contributed by atoms with Gasteiger partial charge in [-0.05, 0) is 18.2 Å². The number of aryl methyl sites for hydroxylation is 3. The van der Waals surface area contributed by atoms with E-state index in [1.165, 1.54) is 0 Å². The molecule has 0 saturated carbocycles. The van der Waals surface area contributed by atoms with Crippen molar-refractivity contribution in [1.29, 1.82) is 0 Å². The van der Waals surface area contributed by atoms with E-state index in [4.69, 9.17) is 0 Å². The van der Waals surface area contributed by atoms with Gasteiger partial charge in [-0.25, -0.2) is 0 Å². The Morgan fingerprint density at radius 1 is 0.542 bits per heavy atom. The van der Waals surface area contributed by atoms with Gasteiger partial charge < -0.3 is 0 Å². The van der Waals surface area contributed by atoms with E-state index in [9.17, 15) is 0 Å². The first-order valence-corrected chi connectivity index (χ1v) is 7.34. The van der Waals surface area contributed by atoms with Crippen LogP contribution in [0.1, 0.15) is 0 Å². The molecular weight excluding hydrogens is 306 g/mol. The van der Waals surface area contributed by atoms with Crippen molar-refractivity contribution in [2.24, 2.45) is 21.1 Å². The Balaban J connectivity index is 1.90. The van der Waals surface area contributed by atoms with Crippen molar-refractivity contribution in [1.82, 2.24) is 45.0 Å². The summed E-state index contributed by atoms with van der Waals surface area (Å²) in [4.78, 5) is 0. The summed E-state index contributed by atoms with van der Waals surface area (Å²) in [6.45, 7) is 0. The summed E-state index contributed by atoms with van der Waals surface area (Å²) < 4.78 is 5.02. The van der Waals surface area contributed by atoms with E-state index in [0.717, 1.165) is 33.8 Å². The number of aromatic nitrogens is 9. The highest BCUT2D eigenvalue weighted by atomic mass is 15.4. The SMILES string of the molecule is Cn1cc(-c2cc(-c3cn(C)nn3)cc(-c3cn(C)nn3)c2)nn1. The van der Waals surface area contributed by atoms with Gasteiger partial charge in [-0.2, -0.15) is 0 Å². The van der Waals surface area contributed by atoms with E-state index < -0.39 is 0 Å². The smallest absolute Gasteiger partial charge is 0.113 e. The molecule has 0 N–H and O–H groups in total. The Hall–Kier alpha value is -3.36. The standard InChI is InChI=1S/C15H15N9/c1-22-7-13(16-19-22)10-4-11(14-8-23(2)20-17-14)6-12(5-10)15-9-24(3)21-18-15/h4-9H,1-3H3. The number of benzene rings is 1. The van der Waals surface area contributed by atoms with Crippen molar-refractivity contribution in [3.05, 3.63) is 36.8 Å². The van der Waals surface area contributed by atoms with Crippen molar-refractivity contribution in [3.8, 4) is 33.8 Å². The van der Waals surface area contributed by atoms with E-state index in [0.29, 0.717) is 0 Å². The van der Waals surface area contributed by atoms with Gasteiger partial charge in [0.2, 0.25) is 0 Å². The molecule has 4 aromatic rings. The third-order valence-corrected chi connectivity index (χ3v) is 3.63. The van der Waals surface area contributed by atoms with Crippen molar-refractivity contribution in [2.75, 3.05) is 0 Å². The maximum atomic E-state index is 4.20. The maximum Gasteiger partial charge on any atom is 0.113 e. The maximum absolute atomic E-state index is 4.20. The number of hydrogen-bond donors (Lipinski definition) is 0. The molecule has 0 aliphatic carbocycles. The summed E-state index contributed by atoms with van der Waals surface area (Å²) in [5.41, 5.74) is 5.17. The molecule has 0 fully saturated rings. The number of rotatable bonds is 3. The molecule has 0 amide bonds. The molecule has 4 rings (SSSR count). The van der Waals surface area contributed by atoms with Crippen LogP contribution in [0, 0.1) is 0 Å². The second kappa shape index (κ2) is 5.37. The third kappa shape index (κ3) is 2.56. The van der Waals surface area contributed by atoms with Crippen LogP contribution < -0.4 is 0 Å². The van der Waals surface area contributed by atoms with E-state index >= 15 is 0 Å². The molecule has 1 aromatic carbocycles. The lowest BCUT2D eigenvalue weighted by Gasteiger charge is -2.05. The Bertz CT molecular complexity index is 866. The molecule has 0 aliphatic rings. The van der Waals surface area contributed by atoms with Crippen molar-refractivity contribution < 1.29 is 0 Å². The molecule has 0 atom stereocenters. The molecule has 3 heterocycles. The zero-order valence-corrected chi connectivity index (χ0v) is 13.5. The van der Waals surface area contributed by atoms with E-state index in [1.54, 1.807) is 14.0 Å². The monoisotopic (exact) mass is 321 g/mol. The largest absolute Gasteiger partial charge is 0.255 e. The summed E-state index contributed by atoms with van der Waals surface area (Å²) in [6.07, 6.45) is 5.61. The predicted octanol–water partition coefficient (Wildman–Crippen LogP) is 1.07. The predicted molar refractivity (Wildman–Crippen MR) is 86.4 cm³/mol. The zero-order valence-electron chi connectivity index (χ0n) is 13.5. The minimum atomic E-state index is 0.786. The fourth-order valence-corrected chi connectivity index (χ4v) is 2.51. The highest BCUT2D eigenvalue weighted by Gasteiger charge is 2.12. The fourth-order valence-electron chi connectivity index (χ4n) is 2.51. The molecule has 0 spiro atoms. The summed E-state index contributed by atoms with van der Waals surface area (Å²) in [5.74, 6) is 0. The van der Waals surface area contributed by atoms with E-state index in [1.807, 2.05) is 57.9 Å². The zero-order chi connectivity index (χ0) is 16.7. The highest BCUT2D eigenvalue weighted by Crippen LogP contribution is 2.30. The summed E-state index contributed by atoms with van der Waals surface area (Å²) >= 11 is 0. The molecule has 9 heteroatoms. The third-order valence-electron chi connectivity index (χ3n) is 3.63. The second-order valence-electron chi connectivity index (χ2n) is 5.63. The average Bonchev–Trinajstić information content (AvgIpc) is 3.28. The van der Waals surface area contributed by atoms with Gasteiger partial charge in [0.1, 0.15) is 17.1 Å². The minimum absolute atomic E-state index is 0.786. The first kappa shape index (κ1) is 14.2. The molecule has 3 aromatic heterocycles. The van der Waals surface area contributed by atoms with Crippen LogP contribution in [-0.2, 0) is 21.1 Å². The fraction of sp³-hybridized carbons (Fsp3) is 0.200. The van der Waals surface area contributed by atoms with Gasteiger partial charge in [0.25, 0.3) is 0 Å². The van der Waals surface area contributed by atoms with Crippen molar-refractivity contribution in [3.63, 3.8) is 0 Å². The normalized spacial score (nSPS) is 11.1. The molecule has 0 aliphatic heterocycles. The summed E-state index contributed by atoms with van der Waals surface area (Å²) in [6, 6.07) is 6.07. The molecular formula is C15H15N9. The molecule has 24 heavy (non-hydrogen) atoms. The molecule has 0 saturated heterocycles. The molecule has 120 valence electrons. The van der Waals surface area contributed by atoms with Crippen molar-refractivity contribution in [2.45, 2.75) is 0 Å². The average molecular weight is 321 g/mol. The van der Waals surface area contributed by atoms with Gasteiger partial charge in [0, 0.05) is 37.8 Å². The van der Waals surface area contributed by atoms with E-state index in [2.05, 4.69) is 30.9 Å².